The van der Waals surface area contributed by atoms with Crippen LogP contribution < -0.4 is 15.5 Å². The van der Waals surface area contributed by atoms with Gasteiger partial charge in [0.2, 0.25) is 5.88 Å². The number of benzene rings is 2. The highest BCUT2D eigenvalue weighted by molar-refractivity contribution is 7.17. The lowest BCUT2D eigenvalue weighted by molar-refractivity contribution is -0.139. The van der Waals surface area contributed by atoms with Crippen molar-refractivity contribution in [2.75, 3.05) is 37.6 Å². The van der Waals surface area contributed by atoms with E-state index >= 15 is 0 Å². The second-order valence-corrected chi connectivity index (χ2v) is 10.3. The first-order chi connectivity index (χ1) is 18.1. The molecule has 0 amide bonds. The minimum absolute atomic E-state index is 0.00684. The largest absolute Gasteiger partial charge is 0.492 e. The van der Waals surface area contributed by atoms with Crippen molar-refractivity contribution in [3.05, 3.63) is 73.6 Å². The van der Waals surface area contributed by atoms with Crippen LogP contribution in [0, 0.1) is 0 Å². The molecule has 2 aromatic carbocycles. The number of aliphatic carboxylic acids is 1. The number of aromatic hydroxyl groups is 1. The van der Waals surface area contributed by atoms with Crippen LogP contribution in [0.3, 0.4) is 0 Å². The molecule has 2 aliphatic rings. The van der Waals surface area contributed by atoms with Gasteiger partial charge in [-0.2, -0.15) is 28.4 Å². The average molecular weight is 564 g/mol. The van der Waals surface area contributed by atoms with Crippen LogP contribution in [0.1, 0.15) is 21.6 Å². The maximum atomic E-state index is 13.9. The fourth-order valence-electron chi connectivity index (χ4n) is 4.48. The van der Waals surface area contributed by atoms with Crippen molar-refractivity contribution in [1.29, 1.82) is 0 Å². The molecule has 1 aromatic heterocycles. The van der Waals surface area contributed by atoms with Gasteiger partial charge in [-0.1, -0.05) is 35.1 Å². The Kier molecular flexibility index (Phi) is 7.12. The van der Waals surface area contributed by atoms with Crippen molar-refractivity contribution in [2.45, 2.75) is 12.6 Å². The average Bonchev–Trinajstić information content (AvgIpc) is 3.49. The van der Waals surface area contributed by atoms with E-state index in [9.17, 15) is 23.1 Å². The van der Waals surface area contributed by atoms with Crippen LogP contribution in [0.15, 0.2) is 46.6 Å². The quantitative estimate of drug-likeness (QED) is 0.478. The van der Waals surface area contributed by atoms with E-state index in [2.05, 4.69) is 15.2 Å². The number of carboxylic acid groups (broad SMARTS) is 1. The van der Waals surface area contributed by atoms with Gasteiger partial charge in [-0.15, -0.1) is 0 Å². The zero-order chi connectivity index (χ0) is 27.0. The third-order valence-corrected chi connectivity index (χ3v) is 7.76. The standard InChI is InChI=1S/C25H21ClF3N5O3S/c26-17-3-1-15(19(11-17)25(27,28)29)10-18(14-2-4-20-16(9-14)12-30-32-20)22-23(37)31-24(38-22)34-7-5-33(6-8-34)13-21(35)36/h1-4,9,11-12,37H,5-8,10,13H2,(H,35,36). The second-order valence-electron chi connectivity index (χ2n) is 8.88. The topological polar surface area (TPSA) is 102 Å². The maximum absolute atomic E-state index is 13.9. The molecule has 1 saturated heterocycles. The number of rotatable bonds is 6. The molecule has 13 heteroatoms. The Morgan fingerprint density at radius 3 is 2.58 bits per heavy atom. The van der Waals surface area contributed by atoms with Crippen molar-refractivity contribution in [3.63, 3.8) is 0 Å². The number of aromatic nitrogens is 1. The molecular formula is C25H21ClF3N5O3S. The molecule has 0 bridgehead atoms. The fraction of sp³-hybridized carbons (Fsp3) is 0.280. The summed E-state index contributed by atoms with van der Waals surface area (Å²) in [5.41, 5.74) is 0.337. The van der Waals surface area contributed by atoms with Crippen molar-refractivity contribution < 1.29 is 28.2 Å². The Bertz CT molecular complexity index is 1550. The van der Waals surface area contributed by atoms with E-state index in [1.54, 1.807) is 29.3 Å². The number of nitrogens with zero attached hydrogens (tertiary/aromatic N) is 5. The molecule has 0 saturated carbocycles. The van der Waals surface area contributed by atoms with E-state index < -0.39 is 17.7 Å². The first-order valence-corrected chi connectivity index (χ1v) is 12.8. The van der Waals surface area contributed by atoms with Crippen LogP contribution in [0.4, 0.5) is 18.3 Å². The number of piperazine rings is 1. The minimum Gasteiger partial charge on any atom is -0.492 e. The summed E-state index contributed by atoms with van der Waals surface area (Å²) in [5.74, 6) is -1.19. The van der Waals surface area contributed by atoms with Crippen LogP contribution in [-0.2, 0) is 17.4 Å². The third-order valence-electron chi connectivity index (χ3n) is 6.36. The van der Waals surface area contributed by atoms with Gasteiger partial charge in [-0.05, 0) is 40.6 Å². The summed E-state index contributed by atoms with van der Waals surface area (Å²) in [5, 5.41) is 29.5. The smallest absolute Gasteiger partial charge is 0.416 e. The monoisotopic (exact) mass is 563 g/mol. The summed E-state index contributed by atoms with van der Waals surface area (Å²) in [6.45, 7) is 1.96. The number of anilines is 1. The first-order valence-electron chi connectivity index (χ1n) is 11.6. The zero-order valence-corrected chi connectivity index (χ0v) is 21.3. The van der Waals surface area contributed by atoms with Crippen LogP contribution in [0.2, 0.25) is 5.02 Å². The Hall–Kier alpha value is -3.48. The van der Waals surface area contributed by atoms with Crippen molar-refractivity contribution in [2.24, 2.45) is 10.2 Å². The SMILES string of the molecule is O=C(O)CN1CCN(c2nc(O)c(C(Cc3ccc(Cl)cc3C(F)(F)F)=c3ccc4c(c3)C=NN=4)s2)CC1. The molecule has 8 nitrogen and oxygen atoms in total. The van der Waals surface area contributed by atoms with E-state index in [1.807, 2.05) is 4.90 Å². The second kappa shape index (κ2) is 10.4. The molecular weight excluding hydrogens is 543 g/mol. The highest BCUT2D eigenvalue weighted by atomic mass is 35.5. The molecule has 38 heavy (non-hydrogen) atoms. The number of halogens is 4. The predicted octanol–water partition coefficient (Wildman–Crippen LogP) is 3.14. The molecule has 5 rings (SSSR count). The van der Waals surface area contributed by atoms with Gasteiger partial charge >= 0.3 is 12.1 Å². The van der Waals surface area contributed by atoms with E-state index in [0.29, 0.717) is 57.9 Å². The van der Waals surface area contributed by atoms with Crippen molar-refractivity contribution >= 4 is 45.8 Å². The summed E-state index contributed by atoms with van der Waals surface area (Å²) in [4.78, 5) is 19.4. The Morgan fingerprint density at radius 1 is 1.11 bits per heavy atom. The number of fused-ring (bicyclic) bond motifs is 1. The Labute approximate surface area is 223 Å². The lowest BCUT2D eigenvalue weighted by Gasteiger charge is -2.33. The summed E-state index contributed by atoms with van der Waals surface area (Å²) >= 11 is 7.07. The van der Waals surface area contributed by atoms with Gasteiger partial charge in [0.25, 0.3) is 0 Å². The van der Waals surface area contributed by atoms with E-state index in [0.717, 1.165) is 6.07 Å². The van der Waals surface area contributed by atoms with Crippen LogP contribution in [0.25, 0.3) is 5.57 Å². The predicted molar refractivity (Wildman–Crippen MR) is 138 cm³/mol. The molecule has 2 aliphatic heterocycles. The maximum Gasteiger partial charge on any atom is 0.416 e. The normalized spacial score (nSPS) is 16.4. The van der Waals surface area contributed by atoms with E-state index in [-0.39, 0.29) is 29.4 Å². The van der Waals surface area contributed by atoms with Gasteiger partial charge in [0, 0.05) is 43.2 Å². The zero-order valence-electron chi connectivity index (χ0n) is 19.7. The Balaban J connectivity index is 1.56. The molecule has 0 radical (unpaired) electrons. The van der Waals surface area contributed by atoms with Gasteiger partial charge in [0.05, 0.1) is 28.6 Å². The highest BCUT2D eigenvalue weighted by Crippen LogP contribution is 2.39. The lowest BCUT2D eigenvalue weighted by Crippen LogP contribution is -2.47. The summed E-state index contributed by atoms with van der Waals surface area (Å²) in [7, 11) is 0. The molecule has 0 aliphatic carbocycles. The van der Waals surface area contributed by atoms with Crippen LogP contribution >= 0.6 is 22.9 Å². The molecule has 2 N–H and O–H groups in total. The van der Waals surface area contributed by atoms with Crippen LogP contribution in [0.5, 0.6) is 5.88 Å². The number of hydrogen-bond acceptors (Lipinski definition) is 8. The van der Waals surface area contributed by atoms with Gasteiger partial charge in [0.1, 0.15) is 0 Å². The molecule has 0 spiro atoms. The number of hydrogen-bond donors (Lipinski definition) is 2. The minimum atomic E-state index is -4.62. The number of carboxylic acids is 1. The first kappa shape index (κ1) is 26.1. The summed E-state index contributed by atoms with van der Waals surface area (Å²) < 4.78 is 41.7. The number of alkyl halides is 3. The molecule has 0 unspecified atom stereocenters. The van der Waals surface area contributed by atoms with Crippen molar-refractivity contribution in [3.8, 4) is 5.88 Å². The molecule has 3 aromatic rings. The van der Waals surface area contributed by atoms with Gasteiger partial charge < -0.3 is 15.1 Å². The van der Waals surface area contributed by atoms with Crippen LogP contribution in [-0.4, -0.2) is 65.0 Å². The van der Waals surface area contributed by atoms with E-state index in [1.165, 1.54) is 23.5 Å². The Morgan fingerprint density at radius 2 is 1.87 bits per heavy atom. The molecule has 198 valence electrons. The molecule has 1 fully saturated rings. The lowest BCUT2D eigenvalue weighted by atomic mass is 9.96. The van der Waals surface area contributed by atoms with E-state index in [4.69, 9.17) is 16.7 Å². The van der Waals surface area contributed by atoms with Gasteiger partial charge in [-0.3, -0.25) is 9.69 Å². The van der Waals surface area contributed by atoms with Gasteiger partial charge in [-0.25, -0.2) is 0 Å². The number of carbonyl (C=O) groups is 1. The summed E-state index contributed by atoms with van der Waals surface area (Å²) in [6, 6.07) is 8.89. The van der Waals surface area contributed by atoms with Gasteiger partial charge in [0.15, 0.2) is 5.13 Å². The summed E-state index contributed by atoms with van der Waals surface area (Å²) in [6.07, 6.45) is -3.19. The molecule has 0 atom stereocenters. The highest BCUT2D eigenvalue weighted by Gasteiger charge is 2.34. The molecule has 3 heterocycles. The fourth-order valence-corrected chi connectivity index (χ4v) is 5.73. The van der Waals surface area contributed by atoms with Crippen molar-refractivity contribution in [1.82, 2.24) is 9.88 Å². The number of thiazole rings is 1. The third kappa shape index (κ3) is 5.52.